The van der Waals surface area contributed by atoms with Crippen LogP contribution in [0, 0.1) is 0 Å². The molecule has 8 nitrogen and oxygen atoms in total. The Bertz CT molecular complexity index is 1280. The maximum atomic E-state index is 13.3. The van der Waals surface area contributed by atoms with Gasteiger partial charge in [-0.05, 0) is 31.9 Å². The van der Waals surface area contributed by atoms with Crippen LogP contribution in [0.4, 0.5) is 5.95 Å². The standard InChI is InChI=1S/C22H25N7O/c1-2-29-20-18(26-22(29)28-10-5-7-16(23)13-28)9-11-27(21(20)30)14-19-24-12-15-6-3-4-8-17(15)25-19/h3-4,6,8-9,11-12,16H,2,5,7,10,13-14,23H2,1H3. The van der Waals surface area contributed by atoms with E-state index in [1.54, 1.807) is 17.0 Å². The van der Waals surface area contributed by atoms with Gasteiger partial charge in [-0.25, -0.2) is 15.0 Å². The summed E-state index contributed by atoms with van der Waals surface area (Å²) in [7, 11) is 0. The van der Waals surface area contributed by atoms with Crippen LogP contribution < -0.4 is 16.2 Å². The molecule has 4 aromatic rings. The van der Waals surface area contributed by atoms with Crippen molar-refractivity contribution >= 4 is 27.9 Å². The summed E-state index contributed by atoms with van der Waals surface area (Å²) in [5.41, 5.74) is 8.30. The summed E-state index contributed by atoms with van der Waals surface area (Å²) < 4.78 is 3.67. The van der Waals surface area contributed by atoms with Crippen LogP contribution in [0.3, 0.4) is 0 Å². The molecule has 0 saturated carbocycles. The van der Waals surface area contributed by atoms with Crippen molar-refractivity contribution in [2.75, 3.05) is 18.0 Å². The number of fused-ring (bicyclic) bond motifs is 2. The number of anilines is 1. The van der Waals surface area contributed by atoms with Crippen molar-refractivity contribution < 1.29 is 0 Å². The summed E-state index contributed by atoms with van der Waals surface area (Å²) in [6, 6.07) is 9.88. The number of aromatic nitrogens is 5. The second-order valence-corrected chi connectivity index (χ2v) is 7.83. The molecule has 1 aliphatic rings. The highest BCUT2D eigenvalue weighted by Crippen LogP contribution is 2.23. The fraction of sp³-hybridized carbons (Fsp3) is 0.364. The third-order valence-corrected chi connectivity index (χ3v) is 5.76. The first-order valence-corrected chi connectivity index (χ1v) is 10.4. The lowest BCUT2D eigenvalue weighted by Gasteiger charge is -2.31. The molecule has 2 N–H and O–H groups in total. The topological polar surface area (TPSA) is 94.9 Å². The van der Waals surface area contributed by atoms with Crippen molar-refractivity contribution in [3.63, 3.8) is 0 Å². The normalized spacial score (nSPS) is 17.1. The maximum absolute atomic E-state index is 13.3. The number of rotatable bonds is 4. The monoisotopic (exact) mass is 403 g/mol. The number of nitrogens with two attached hydrogens (primary N) is 1. The number of imidazole rings is 1. The van der Waals surface area contributed by atoms with Crippen molar-refractivity contribution in [3.8, 4) is 0 Å². The van der Waals surface area contributed by atoms with Crippen molar-refractivity contribution in [2.45, 2.75) is 38.9 Å². The Morgan fingerprint density at radius 2 is 2.03 bits per heavy atom. The first-order chi connectivity index (χ1) is 14.6. The molecule has 1 fully saturated rings. The van der Waals surface area contributed by atoms with Gasteiger partial charge in [0.25, 0.3) is 5.56 Å². The van der Waals surface area contributed by atoms with Gasteiger partial charge in [0.1, 0.15) is 11.3 Å². The number of para-hydroxylation sites is 1. The Labute approximate surface area is 174 Å². The molecule has 0 amide bonds. The second kappa shape index (κ2) is 7.53. The summed E-state index contributed by atoms with van der Waals surface area (Å²) in [6.07, 6.45) is 5.65. The van der Waals surface area contributed by atoms with E-state index in [1.807, 2.05) is 41.8 Å². The average molecular weight is 403 g/mol. The minimum atomic E-state index is -0.0776. The van der Waals surface area contributed by atoms with Gasteiger partial charge in [-0.2, -0.15) is 0 Å². The van der Waals surface area contributed by atoms with E-state index in [1.165, 1.54) is 0 Å². The Kier molecular flexibility index (Phi) is 4.71. The summed E-state index contributed by atoms with van der Waals surface area (Å²) in [4.78, 5) is 29.4. The molecule has 3 aromatic heterocycles. The second-order valence-electron chi connectivity index (χ2n) is 7.83. The molecule has 1 aliphatic heterocycles. The molecule has 0 spiro atoms. The number of hydrogen-bond donors (Lipinski definition) is 1. The molecular formula is C22H25N7O. The highest BCUT2D eigenvalue weighted by atomic mass is 16.1. The lowest BCUT2D eigenvalue weighted by Crippen LogP contribution is -2.44. The molecular weight excluding hydrogens is 378 g/mol. The predicted octanol–water partition coefficient (Wildman–Crippen LogP) is 2.14. The Hall–Kier alpha value is -3.26. The number of piperidine rings is 1. The molecule has 154 valence electrons. The van der Waals surface area contributed by atoms with E-state index in [-0.39, 0.29) is 11.6 Å². The van der Waals surface area contributed by atoms with Gasteiger partial charge in [0.05, 0.1) is 17.6 Å². The van der Waals surface area contributed by atoms with Gasteiger partial charge in [0.2, 0.25) is 5.95 Å². The zero-order chi connectivity index (χ0) is 20.7. The molecule has 0 aliphatic carbocycles. The van der Waals surface area contributed by atoms with E-state index in [0.29, 0.717) is 29.9 Å². The van der Waals surface area contributed by atoms with E-state index < -0.39 is 0 Å². The SMILES string of the molecule is CCn1c(N2CCCC(N)C2)nc2ccn(Cc3ncc4ccccc4n3)c(=O)c21. The van der Waals surface area contributed by atoms with Crippen LogP contribution >= 0.6 is 0 Å². The van der Waals surface area contributed by atoms with Crippen LogP contribution in [0.2, 0.25) is 0 Å². The van der Waals surface area contributed by atoms with Crippen molar-refractivity contribution in [1.29, 1.82) is 0 Å². The van der Waals surface area contributed by atoms with Gasteiger partial charge in [-0.15, -0.1) is 0 Å². The average Bonchev–Trinajstić information content (AvgIpc) is 3.15. The third kappa shape index (κ3) is 3.23. The van der Waals surface area contributed by atoms with E-state index >= 15 is 0 Å². The zero-order valence-corrected chi connectivity index (χ0v) is 17.0. The largest absolute Gasteiger partial charge is 0.341 e. The Balaban J connectivity index is 1.55. The maximum Gasteiger partial charge on any atom is 0.277 e. The number of hydrogen-bond acceptors (Lipinski definition) is 6. The van der Waals surface area contributed by atoms with Crippen LogP contribution in [0.5, 0.6) is 0 Å². The summed E-state index contributed by atoms with van der Waals surface area (Å²) in [6.45, 7) is 4.71. The smallest absolute Gasteiger partial charge is 0.277 e. The van der Waals surface area contributed by atoms with Crippen LogP contribution in [0.15, 0.2) is 47.5 Å². The van der Waals surface area contributed by atoms with Crippen molar-refractivity contribution in [2.24, 2.45) is 5.73 Å². The molecule has 1 aromatic carbocycles. The van der Waals surface area contributed by atoms with Crippen LogP contribution in [-0.2, 0) is 13.1 Å². The quantitative estimate of drug-likeness (QED) is 0.561. The lowest BCUT2D eigenvalue weighted by molar-refractivity contribution is 0.494. The number of aryl methyl sites for hydroxylation is 1. The molecule has 1 unspecified atom stereocenters. The highest BCUT2D eigenvalue weighted by Gasteiger charge is 2.23. The van der Waals surface area contributed by atoms with Gasteiger partial charge in [0, 0.05) is 43.5 Å². The fourth-order valence-corrected chi connectivity index (χ4v) is 4.26. The van der Waals surface area contributed by atoms with Crippen LogP contribution in [0.1, 0.15) is 25.6 Å². The first-order valence-electron chi connectivity index (χ1n) is 10.4. The number of pyridine rings is 1. The Morgan fingerprint density at radius 1 is 1.17 bits per heavy atom. The van der Waals surface area contributed by atoms with E-state index in [2.05, 4.69) is 14.9 Å². The van der Waals surface area contributed by atoms with Crippen LogP contribution in [0.25, 0.3) is 21.9 Å². The van der Waals surface area contributed by atoms with E-state index in [4.69, 9.17) is 10.7 Å². The summed E-state index contributed by atoms with van der Waals surface area (Å²) in [5.74, 6) is 1.44. The number of nitrogens with zero attached hydrogens (tertiary/aromatic N) is 6. The molecule has 0 radical (unpaired) electrons. The summed E-state index contributed by atoms with van der Waals surface area (Å²) in [5, 5.41) is 0.984. The molecule has 5 rings (SSSR count). The summed E-state index contributed by atoms with van der Waals surface area (Å²) >= 11 is 0. The molecule has 1 saturated heterocycles. The Morgan fingerprint density at radius 3 is 2.87 bits per heavy atom. The van der Waals surface area contributed by atoms with E-state index in [9.17, 15) is 4.79 Å². The number of benzene rings is 1. The molecule has 4 heterocycles. The minimum Gasteiger partial charge on any atom is -0.341 e. The zero-order valence-electron chi connectivity index (χ0n) is 17.0. The van der Waals surface area contributed by atoms with E-state index in [0.717, 1.165) is 42.8 Å². The fourth-order valence-electron chi connectivity index (χ4n) is 4.26. The van der Waals surface area contributed by atoms with Crippen LogP contribution in [-0.4, -0.2) is 43.2 Å². The third-order valence-electron chi connectivity index (χ3n) is 5.76. The minimum absolute atomic E-state index is 0.0776. The molecule has 30 heavy (non-hydrogen) atoms. The first kappa shape index (κ1) is 18.7. The lowest BCUT2D eigenvalue weighted by atomic mass is 10.1. The van der Waals surface area contributed by atoms with Gasteiger partial charge in [-0.3, -0.25) is 4.79 Å². The highest BCUT2D eigenvalue weighted by molar-refractivity contribution is 5.78. The van der Waals surface area contributed by atoms with Crippen molar-refractivity contribution in [1.82, 2.24) is 24.1 Å². The molecule has 1 atom stereocenters. The van der Waals surface area contributed by atoms with Crippen molar-refractivity contribution in [3.05, 3.63) is 58.9 Å². The predicted molar refractivity (Wildman–Crippen MR) is 118 cm³/mol. The van der Waals surface area contributed by atoms with Gasteiger partial charge >= 0.3 is 0 Å². The molecule has 8 heteroatoms. The van der Waals surface area contributed by atoms with Gasteiger partial charge in [-0.1, -0.05) is 18.2 Å². The van der Waals surface area contributed by atoms with Gasteiger partial charge in [0.15, 0.2) is 0 Å². The molecule has 0 bridgehead atoms. The van der Waals surface area contributed by atoms with Gasteiger partial charge < -0.3 is 19.8 Å².